The molecular formula is C30H39Cl2F2N3O3Si. The zero-order valence-corrected chi connectivity index (χ0v) is 26.8. The molecule has 0 radical (unpaired) electrons. The van der Waals surface area contributed by atoms with Crippen LogP contribution >= 0.6 is 23.2 Å². The Morgan fingerprint density at radius 1 is 1.12 bits per heavy atom. The monoisotopic (exact) mass is 625 g/mol. The summed E-state index contributed by atoms with van der Waals surface area (Å²) in [6.07, 6.45) is 0.929. The minimum atomic E-state index is -3.18. The summed E-state index contributed by atoms with van der Waals surface area (Å²) in [6, 6.07) is 12.4. The third kappa shape index (κ3) is 8.66. The molecule has 2 atom stereocenters. The summed E-state index contributed by atoms with van der Waals surface area (Å²) >= 11 is 12.3. The number of benzene rings is 2. The van der Waals surface area contributed by atoms with Gasteiger partial charge in [0.25, 0.3) is 5.92 Å². The van der Waals surface area contributed by atoms with E-state index in [1.54, 1.807) is 12.1 Å². The van der Waals surface area contributed by atoms with Gasteiger partial charge >= 0.3 is 6.09 Å². The van der Waals surface area contributed by atoms with Crippen molar-refractivity contribution in [1.29, 1.82) is 0 Å². The summed E-state index contributed by atoms with van der Waals surface area (Å²) in [4.78, 5) is 19.0. The molecule has 1 aliphatic heterocycles. The summed E-state index contributed by atoms with van der Waals surface area (Å²) in [5.74, 6) is -3.18. The van der Waals surface area contributed by atoms with Gasteiger partial charge in [-0.1, -0.05) is 74.3 Å². The molecule has 2 aromatic carbocycles. The Balaban J connectivity index is 1.58. The van der Waals surface area contributed by atoms with E-state index in [1.807, 2.05) is 30.3 Å². The fraction of sp³-hybridized carbons (Fsp3) is 0.533. The molecule has 1 saturated heterocycles. The Labute approximate surface area is 252 Å². The van der Waals surface area contributed by atoms with E-state index >= 15 is 8.78 Å². The molecule has 0 aliphatic carbocycles. The lowest BCUT2D eigenvalue weighted by Crippen LogP contribution is -2.56. The molecule has 4 rings (SSSR count). The van der Waals surface area contributed by atoms with E-state index < -0.39 is 45.4 Å². The molecule has 2 heterocycles. The molecular weight excluding hydrogens is 587 g/mol. The minimum Gasteiger partial charge on any atom is -0.445 e. The van der Waals surface area contributed by atoms with Crippen molar-refractivity contribution < 1.29 is 22.7 Å². The average molecular weight is 627 g/mol. The number of hydrogen-bond acceptors (Lipinski definition) is 4. The van der Waals surface area contributed by atoms with Gasteiger partial charge in [0.2, 0.25) is 0 Å². The number of hydrogen-bond donors (Lipinski definition) is 0. The van der Waals surface area contributed by atoms with Gasteiger partial charge in [-0.05, 0) is 55.1 Å². The van der Waals surface area contributed by atoms with Crippen molar-refractivity contribution in [1.82, 2.24) is 14.5 Å². The molecule has 1 aromatic heterocycles. The van der Waals surface area contributed by atoms with E-state index in [-0.39, 0.29) is 17.0 Å². The molecule has 1 fully saturated rings. The number of carbonyl (C=O) groups excluding carboxylic acids is 1. The maximum atomic E-state index is 15.9. The van der Waals surface area contributed by atoms with Crippen molar-refractivity contribution in [3.05, 3.63) is 64.4 Å². The zero-order valence-electron chi connectivity index (χ0n) is 24.3. The highest BCUT2D eigenvalue weighted by Crippen LogP contribution is 2.37. The summed E-state index contributed by atoms with van der Waals surface area (Å²) in [6.45, 7) is 10.5. The van der Waals surface area contributed by atoms with E-state index in [0.29, 0.717) is 35.4 Å². The van der Waals surface area contributed by atoms with Crippen molar-refractivity contribution in [3.63, 3.8) is 0 Å². The predicted octanol–water partition coefficient (Wildman–Crippen LogP) is 8.81. The van der Waals surface area contributed by atoms with Crippen LogP contribution in [0.4, 0.5) is 13.6 Å². The molecule has 11 heteroatoms. The summed E-state index contributed by atoms with van der Waals surface area (Å²) < 4.78 is 45.5. The zero-order chi connectivity index (χ0) is 30.0. The fourth-order valence-corrected chi connectivity index (χ4v) is 10.0. The molecule has 224 valence electrons. The van der Waals surface area contributed by atoms with Gasteiger partial charge in [-0.2, -0.15) is 0 Å². The average Bonchev–Trinajstić information content (AvgIpc) is 3.23. The quantitative estimate of drug-likeness (QED) is 0.223. The molecule has 0 bridgehead atoms. The maximum Gasteiger partial charge on any atom is 0.410 e. The van der Waals surface area contributed by atoms with E-state index in [1.165, 1.54) is 15.8 Å². The molecule has 1 aliphatic rings. The molecule has 0 spiro atoms. The number of aromatic nitrogens is 2. The van der Waals surface area contributed by atoms with Crippen LogP contribution in [0.5, 0.6) is 0 Å². The highest BCUT2D eigenvalue weighted by atomic mass is 35.5. The highest BCUT2D eigenvalue weighted by Gasteiger charge is 2.45. The van der Waals surface area contributed by atoms with Crippen LogP contribution in [0.1, 0.15) is 45.6 Å². The van der Waals surface area contributed by atoms with Crippen molar-refractivity contribution in [3.8, 4) is 0 Å². The van der Waals surface area contributed by atoms with Crippen molar-refractivity contribution in [2.75, 3.05) is 6.54 Å². The van der Waals surface area contributed by atoms with E-state index in [2.05, 4.69) is 38.8 Å². The lowest BCUT2D eigenvalue weighted by atomic mass is 9.94. The third-order valence-electron chi connectivity index (χ3n) is 7.16. The summed E-state index contributed by atoms with van der Waals surface area (Å²) in [5.41, 5.74) is 1.81. The minimum absolute atomic E-state index is 0.0325. The number of amides is 1. The van der Waals surface area contributed by atoms with Crippen LogP contribution in [0.15, 0.2) is 48.8 Å². The Morgan fingerprint density at radius 2 is 1.80 bits per heavy atom. The second-order valence-corrected chi connectivity index (χ2v) is 17.7. The molecule has 0 N–H and O–H groups in total. The molecule has 0 unspecified atom stereocenters. The van der Waals surface area contributed by atoms with Crippen molar-refractivity contribution in [2.45, 2.75) is 90.4 Å². The van der Waals surface area contributed by atoms with Crippen molar-refractivity contribution >= 4 is 48.6 Å². The second-order valence-electron chi connectivity index (χ2n) is 12.8. The number of halogens is 4. The van der Waals surface area contributed by atoms with Crippen LogP contribution in [0.2, 0.25) is 29.2 Å². The van der Waals surface area contributed by atoms with Gasteiger partial charge in [0.1, 0.15) is 6.61 Å². The first kappa shape index (κ1) is 31.7. The smallest absolute Gasteiger partial charge is 0.410 e. The van der Waals surface area contributed by atoms with Crippen LogP contribution < -0.4 is 0 Å². The Bertz CT molecular complexity index is 1350. The maximum absolute atomic E-state index is 15.9. The lowest BCUT2D eigenvalue weighted by molar-refractivity contribution is -0.0747. The SMILES string of the molecule is CC(C)(C)C[Si](C)(C)O[C@H]1CCCN(C(=O)OCc2ccccc2)[C@@H]1CC(F)(F)Cn1cnc2cc(Cl)c(Cl)cc21. The molecule has 1 amide bonds. The van der Waals surface area contributed by atoms with Gasteiger partial charge < -0.3 is 18.6 Å². The number of likely N-dealkylation sites (tertiary alicyclic amines) is 1. The number of imidazole rings is 1. The molecule has 41 heavy (non-hydrogen) atoms. The summed E-state index contributed by atoms with van der Waals surface area (Å²) in [5, 5.41) is 0.577. The normalized spacial score (nSPS) is 18.6. The van der Waals surface area contributed by atoms with E-state index in [4.69, 9.17) is 32.4 Å². The first-order chi connectivity index (χ1) is 19.1. The molecule has 3 aromatic rings. The first-order valence-corrected chi connectivity index (χ1v) is 17.8. The number of nitrogens with zero attached hydrogens (tertiary/aromatic N) is 3. The lowest BCUT2D eigenvalue weighted by Gasteiger charge is -2.45. The van der Waals surface area contributed by atoms with Gasteiger partial charge in [-0.3, -0.25) is 0 Å². The predicted molar refractivity (Wildman–Crippen MR) is 162 cm³/mol. The number of rotatable bonds is 9. The van der Waals surface area contributed by atoms with E-state index in [9.17, 15) is 4.79 Å². The van der Waals surface area contributed by atoms with Crippen LogP contribution in [0.25, 0.3) is 11.0 Å². The third-order valence-corrected chi connectivity index (χ3v) is 10.7. The number of carbonyl (C=O) groups is 1. The standard InChI is InChI=1S/C30H39Cl2F2N3O3Si/c1-29(2,3)19-41(4,5)40-27-12-9-13-37(28(38)39-17-21-10-7-6-8-11-21)26(27)16-30(33,34)18-36-20-35-24-14-22(31)23(32)15-25(24)36/h6-8,10-11,14-15,20,26-27H,9,12-13,16-19H2,1-5H3/t26-,27+/m1/s1. The number of ether oxygens (including phenoxy) is 1. The number of fused-ring (bicyclic) bond motifs is 1. The Kier molecular flexibility index (Phi) is 9.73. The molecule has 0 saturated carbocycles. The summed E-state index contributed by atoms with van der Waals surface area (Å²) in [7, 11) is -2.26. The van der Waals surface area contributed by atoms with Gasteiger partial charge in [-0.25, -0.2) is 18.6 Å². The van der Waals surface area contributed by atoms with Gasteiger partial charge in [0.15, 0.2) is 8.32 Å². The Hall–Kier alpha value is -2.20. The topological polar surface area (TPSA) is 56.6 Å². The largest absolute Gasteiger partial charge is 0.445 e. The fourth-order valence-electron chi connectivity index (χ4n) is 5.96. The van der Waals surface area contributed by atoms with Crippen LogP contribution in [0, 0.1) is 5.41 Å². The number of alkyl halides is 2. The van der Waals surface area contributed by atoms with Crippen LogP contribution in [-0.4, -0.2) is 53.5 Å². The second kappa shape index (κ2) is 12.6. The first-order valence-electron chi connectivity index (χ1n) is 14.0. The van der Waals surface area contributed by atoms with Crippen LogP contribution in [0.3, 0.4) is 0 Å². The van der Waals surface area contributed by atoms with Gasteiger partial charge in [0.05, 0.1) is 46.1 Å². The van der Waals surface area contributed by atoms with E-state index in [0.717, 1.165) is 11.6 Å². The highest BCUT2D eigenvalue weighted by molar-refractivity contribution is 6.71. The molecule has 6 nitrogen and oxygen atoms in total. The van der Waals surface area contributed by atoms with Crippen LogP contribution in [-0.2, 0) is 22.3 Å². The number of piperidine rings is 1. The van der Waals surface area contributed by atoms with Gasteiger partial charge in [-0.15, -0.1) is 0 Å². The Morgan fingerprint density at radius 3 is 2.49 bits per heavy atom. The van der Waals surface area contributed by atoms with Gasteiger partial charge in [0, 0.05) is 13.0 Å². The van der Waals surface area contributed by atoms with Crippen molar-refractivity contribution in [2.24, 2.45) is 5.41 Å².